The van der Waals surface area contributed by atoms with Crippen LogP contribution in [-0.2, 0) is 25.1 Å². The molecule has 0 aromatic heterocycles. The molecule has 1 amide bonds. The Kier molecular flexibility index (Phi) is 13.4. The summed E-state index contributed by atoms with van der Waals surface area (Å²) >= 11 is 0. The zero-order valence-electron chi connectivity index (χ0n) is 20.1. The van der Waals surface area contributed by atoms with E-state index in [-0.39, 0.29) is 24.1 Å². The van der Waals surface area contributed by atoms with E-state index in [2.05, 4.69) is 13.8 Å². The average Bonchev–Trinajstić information content (AvgIpc) is 2.76. The summed E-state index contributed by atoms with van der Waals surface area (Å²) in [6.45, 7) is 9.77. The maximum atomic E-state index is 13.5. The van der Waals surface area contributed by atoms with Gasteiger partial charge in [-0.3, -0.25) is 13.8 Å². The maximum Gasteiger partial charge on any atom is 0.305 e. The van der Waals surface area contributed by atoms with E-state index < -0.39 is 16.7 Å². The molecule has 0 radical (unpaired) electrons. The molecule has 0 aliphatic carbocycles. The molecule has 1 aromatic rings. The van der Waals surface area contributed by atoms with Crippen LogP contribution in [0.15, 0.2) is 23.1 Å². The zero-order valence-corrected chi connectivity index (χ0v) is 20.9. The molecule has 0 aliphatic heterocycles. The van der Waals surface area contributed by atoms with Crippen LogP contribution in [0.2, 0.25) is 0 Å². The fourth-order valence-corrected chi connectivity index (χ4v) is 4.90. The van der Waals surface area contributed by atoms with Gasteiger partial charge in [-0.1, -0.05) is 45.6 Å². The summed E-state index contributed by atoms with van der Waals surface area (Å²) in [6.07, 6.45) is 6.82. The predicted molar refractivity (Wildman–Crippen MR) is 128 cm³/mol. The fraction of sp³-hybridized carbons (Fsp3) is 0.680. The lowest BCUT2D eigenvalue weighted by Gasteiger charge is -2.27. The zero-order chi connectivity index (χ0) is 23.2. The number of esters is 1. The Morgan fingerprint density at radius 1 is 1.00 bits per heavy atom. The van der Waals surface area contributed by atoms with E-state index in [9.17, 15) is 13.8 Å². The van der Waals surface area contributed by atoms with Crippen molar-refractivity contribution in [3.63, 3.8) is 0 Å². The van der Waals surface area contributed by atoms with Crippen molar-refractivity contribution in [3.8, 4) is 0 Å². The third-order valence-electron chi connectivity index (χ3n) is 5.74. The highest BCUT2D eigenvalue weighted by atomic mass is 32.2. The molecule has 0 fully saturated rings. The van der Waals surface area contributed by atoms with Crippen LogP contribution in [-0.4, -0.2) is 46.9 Å². The Bertz CT molecular complexity index is 709. The van der Waals surface area contributed by atoms with Crippen molar-refractivity contribution in [3.05, 3.63) is 29.3 Å². The van der Waals surface area contributed by atoms with Gasteiger partial charge in [0.05, 0.1) is 23.8 Å². The number of unbranched alkanes of at least 4 members (excludes halogenated alkanes) is 4. The van der Waals surface area contributed by atoms with E-state index >= 15 is 0 Å². The van der Waals surface area contributed by atoms with E-state index in [0.29, 0.717) is 6.42 Å². The Morgan fingerprint density at radius 3 is 2.13 bits per heavy atom. The Morgan fingerprint density at radius 2 is 1.61 bits per heavy atom. The highest BCUT2D eigenvalue weighted by Crippen LogP contribution is 2.20. The number of rotatable bonds is 15. The minimum absolute atomic E-state index is 0.0216. The van der Waals surface area contributed by atoms with Gasteiger partial charge in [-0.2, -0.15) is 0 Å². The van der Waals surface area contributed by atoms with Gasteiger partial charge in [-0.15, -0.1) is 0 Å². The second kappa shape index (κ2) is 15.2. The van der Waals surface area contributed by atoms with E-state index in [4.69, 9.17) is 4.74 Å². The van der Waals surface area contributed by atoms with Crippen molar-refractivity contribution in [2.75, 3.05) is 26.0 Å². The number of hydrogen-bond acceptors (Lipinski definition) is 4. The van der Waals surface area contributed by atoms with Gasteiger partial charge in [0.2, 0.25) is 5.91 Å². The largest absolute Gasteiger partial charge is 0.469 e. The number of aryl methyl sites for hydroxylation is 2. The summed E-state index contributed by atoms with van der Waals surface area (Å²) in [5.74, 6) is -0.535. The second-order valence-electron chi connectivity index (χ2n) is 8.31. The molecule has 176 valence electrons. The first-order chi connectivity index (χ1) is 14.8. The third kappa shape index (κ3) is 9.98. The molecule has 1 rings (SSSR count). The van der Waals surface area contributed by atoms with Gasteiger partial charge in [0.15, 0.2) is 0 Å². The van der Waals surface area contributed by atoms with Gasteiger partial charge in [0.25, 0.3) is 0 Å². The fourth-order valence-electron chi connectivity index (χ4n) is 3.50. The Labute approximate surface area is 191 Å². The van der Waals surface area contributed by atoms with Crippen molar-refractivity contribution in [2.45, 2.75) is 84.0 Å². The van der Waals surface area contributed by atoms with Crippen LogP contribution in [0.25, 0.3) is 0 Å². The number of nitrogens with zero attached hydrogens (tertiary/aromatic N) is 1. The van der Waals surface area contributed by atoms with Gasteiger partial charge in [0, 0.05) is 30.2 Å². The van der Waals surface area contributed by atoms with Gasteiger partial charge < -0.3 is 9.64 Å². The first-order valence-electron chi connectivity index (χ1n) is 11.6. The van der Waals surface area contributed by atoms with Crippen molar-refractivity contribution >= 4 is 22.7 Å². The Hall–Kier alpha value is -1.69. The van der Waals surface area contributed by atoms with Gasteiger partial charge in [-0.05, 0) is 56.4 Å². The van der Waals surface area contributed by atoms with Crippen LogP contribution in [0.1, 0.15) is 76.3 Å². The van der Waals surface area contributed by atoms with Crippen LogP contribution >= 0.6 is 0 Å². The van der Waals surface area contributed by atoms with Gasteiger partial charge >= 0.3 is 5.97 Å². The van der Waals surface area contributed by atoms with Crippen LogP contribution in [0.3, 0.4) is 0 Å². The minimum Gasteiger partial charge on any atom is -0.469 e. The molecule has 6 heteroatoms. The molecule has 0 saturated carbocycles. The minimum atomic E-state index is -1.30. The lowest BCUT2D eigenvalue weighted by atomic mass is 10.0. The predicted octanol–water partition coefficient (Wildman–Crippen LogP) is 5.19. The third-order valence-corrected chi connectivity index (χ3v) is 7.23. The van der Waals surface area contributed by atoms with Crippen molar-refractivity contribution in [2.24, 2.45) is 5.92 Å². The molecule has 0 bridgehead atoms. The van der Waals surface area contributed by atoms with E-state index in [1.165, 1.54) is 7.11 Å². The molecule has 2 unspecified atom stereocenters. The lowest BCUT2D eigenvalue weighted by Crippen LogP contribution is -2.40. The number of hydrogen-bond donors (Lipinski definition) is 0. The van der Waals surface area contributed by atoms with Crippen LogP contribution < -0.4 is 0 Å². The topological polar surface area (TPSA) is 63.7 Å². The molecular formula is C25H41NO4S. The smallest absolute Gasteiger partial charge is 0.305 e. The first kappa shape index (κ1) is 27.3. The first-order valence-corrected chi connectivity index (χ1v) is 13.0. The molecular weight excluding hydrogens is 410 g/mol. The summed E-state index contributed by atoms with van der Waals surface area (Å²) in [5.41, 5.74) is 2.24. The summed E-state index contributed by atoms with van der Waals surface area (Å²) in [4.78, 5) is 27.9. The highest BCUT2D eigenvalue weighted by molar-refractivity contribution is 7.85. The van der Waals surface area contributed by atoms with Crippen molar-refractivity contribution in [1.82, 2.24) is 4.90 Å². The SMILES string of the molecule is CCCCCN(CCCCC)C(=O)C(CCC(=O)OC)CS(=O)c1ccc(C)c(C)c1. The van der Waals surface area contributed by atoms with Crippen LogP contribution in [0.5, 0.6) is 0 Å². The number of amides is 1. The van der Waals surface area contributed by atoms with Crippen LogP contribution in [0.4, 0.5) is 0 Å². The maximum absolute atomic E-state index is 13.5. The number of benzene rings is 1. The molecule has 1 aromatic carbocycles. The molecule has 0 N–H and O–H groups in total. The number of carbonyl (C=O) groups excluding carboxylic acids is 2. The summed E-state index contributed by atoms with van der Waals surface area (Å²) in [5, 5.41) is 0. The normalized spacial score (nSPS) is 12.9. The molecule has 0 spiro atoms. The number of carbonyl (C=O) groups is 2. The molecule has 2 atom stereocenters. The molecule has 0 aliphatic rings. The second-order valence-corrected chi connectivity index (χ2v) is 9.81. The molecule has 5 nitrogen and oxygen atoms in total. The van der Waals surface area contributed by atoms with Gasteiger partial charge in [-0.25, -0.2) is 0 Å². The molecule has 31 heavy (non-hydrogen) atoms. The summed E-state index contributed by atoms with van der Waals surface area (Å²) < 4.78 is 17.9. The monoisotopic (exact) mass is 451 g/mol. The quantitative estimate of drug-likeness (QED) is 0.272. The van der Waals surface area contributed by atoms with Gasteiger partial charge in [0.1, 0.15) is 0 Å². The Balaban J connectivity index is 2.99. The molecule has 0 saturated heterocycles. The van der Waals surface area contributed by atoms with Crippen molar-refractivity contribution < 1.29 is 18.5 Å². The lowest BCUT2D eigenvalue weighted by molar-refractivity contribution is -0.141. The molecule has 0 heterocycles. The van der Waals surface area contributed by atoms with E-state index in [0.717, 1.165) is 67.6 Å². The van der Waals surface area contributed by atoms with E-state index in [1.54, 1.807) is 0 Å². The van der Waals surface area contributed by atoms with Crippen molar-refractivity contribution in [1.29, 1.82) is 0 Å². The number of ether oxygens (including phenoxy) is 1. The van der Waals surface area contributed by atoms with Crippen LogP contribution in [0, 0.1) is 19.8 Å². The average molecular weight is 452 g/mol. The number of methoxy groups -OCH3 is 1. The summed E-state index contributed by atoms with van der Waals surface area (Å²) in [7, 11) is 0.0553. The standard InChI is InChI=1S/C25H41NO4S/c1-6-8-10-16-26(17-11-9-7-2)25(28)22(13-15-24(27)30-5)19-31(29)23-14-12-20(3)21(4)18-23/h12,14,18,22H,6-11,13,15-17,19H2,1-5H3. The highest BCUT2D eigenvalue weighted by Gasteiger charge is 2.27. The van der Waals surface area contributed by atoms with E-state index in [1.807, 2.05) is 36.9 Å². The summed E-state index contributed by atoms with van der Waals surface area (Å²) in [6, 6.07) is 5.78.